The Kier molecular flexibility index (Phi) is 5.54. The van der Waals surface area contributed by atoms with Crippen LogP contribution in [0.5, 0.6) is 5.75 Å². The molecule has 0 saturated carbocycles. The number of ether oxygens (including phenoxy) is 1. The highest BCUT2D eigenvalue weighted by Gasteiger charge is 2.50. The number of amides is 1. The lowest BCUT2D eigenvalue weighted by atomic mass is 10.1. The molecule has 2 heterocycles. The smallest absolute Gasteiger partial charge is 0.252 e. The van der Waals surface area contributed by atoms with Crippen molar-refractivity contribution >= 4 is 38.4 Å². The zero-order valence-electron chi connectivity index (χ0n) is 15.9. The summed E-state index contributed by atoms with van der Waals surface area (Å²) in [6, 6.07) is 9.52. The molecule has 1 amide bonds. The molecule has 2 unspecified atom stereocenters. The van der Waals surface area contributed by atoms with Gasteiger partial charge in [0.25, 0.3) is 5.91 Å². The van der Waals surface area contributed by atoms with Crippen molar-refractivity contribution in [1.29, 1.82) is 0 Å². The van der Waals surface area contributed by atoms with Crippen LogP contribution in [-0.4, -0.2) is 49.4 Å². The zero-order valence-corrected chi connectivity index (χ0v) is 17.6. The molecule has 2 atom stereocenters. The van der Waals surface area contributed by atoms with E-state index in [9.17, 15) is 22.0 Å². The van der Waals surface area contributed by atoms with Crippen LogP contribution in [0.1, 0.15) is 5.56 Å². The fourth-order valence-electron chi connectivity index (χ4n) is 3.68. The van der Waals surface area contributed by atoms with Gasteiger partial charge in [-0.25, -0.2) is 17.2 Å². The number of nitrogens with zero attached hydrogens (tertiary/aromatic N) is 2. The van der Waals surface area contributed by atoms with Crippen molar-refractivity contribution in [3.8, 4) is 5.75 Å². The lowest BCUT2D eigenvalue weighted by Crippen LogP contribution is -2.38. The number of sulfone groups is 1. The van der Waals surface area contributed by atoms with E-state index in [1.54, 1.807) is 24.3 Å². The quantitative estimate of drug-likeness (QED) is 0.710. The molecule has 4 rings (SSSR count). The van der Waals surface area contributed by atoms with Crippen molar-refractivity contribution < 1.29 is 26.7 Å². The minimum absolute atomic E-state index is 0.00246. The molecule has 158 valence electrons. The molecular formula is C20H18F2N2O4S2. The minimum atomic E-state index is -3.29. The summed E-state index contributed by atoms with van der Waals surface area (Å²) >= 11 is 1.13. The van der Waals surface area contributed by atoms with Crippen LogP contribution in [0.15, 0.2) is 47.5 Å². The Bertz CT molecular complexity index is 1140. The van der Waals surface area contributed by atoms with Crippen molar-refractivity contribution in [1.82, 2.24) is 0 Å². The van der Waals surface area contributed by atoms with Gasteiger partial charge in [-0.2, -0.15) is 4.99 Å². The van der Waals surface area contributed by atoms with Gasteiger partial charge in [0.2, 0.25) is 0 Å². The average Bonchev–Trinajstić information content (AvgIpc) is 3.13. The highest BCUT2D eigenvalue weighted by molar-refractivity contribution is 8.16. The van der Waals surface area contributed by atoms with E-state index in [0.29, 0.717) is 11.3 Å². The highest BCUT2D eigenvalue weighted by Crippen LogP contribution is 2.41. The number of anilines is 1. The largest absolute Gasteiger partial charge is 0.496 e. The van der Waals surface area contributed by atoms with Gasteiger partial charge in [-0.1, -0.05) is 30.0 Å². The Morgan fingerprint density at radius 2 is 2.00 bits per heavy atom. The third-order valence-corrected chi connectivity index (χ3v) is 8.20. The average molecular weight is 453 g/mol. The van der Waals surface area contributed by atoms with Crippen LogP contribution >= 0.6 is 11.8 Å². The monoisotopic (exact) mass is 452 g/mol. The molecule has 2 aromatic rings. The lowest BCUT2D eigenvalue weighted by Gasteiger charge is -2.24. The van der Waals surface area contributed by atoms with Gasteiger partial charge in [0, 0.05) is 16.9 Å². The third kappa shape index (κ3) is 4.06. The number of aliphatic imine (C=N–C) groups is 1. The molecule has 10 heteroatoms. The number of thioether (sulfide) groups is 1. The predicted octanol–water partition coefficient (Wildman–Crippen LogP) is 2.82. The SMILES string of the molecule is COc1ccccc1CC(=O)N=C1SC2CS(=O)(=O)CC2N1c1ccc(F)cc1F. The van der Waals surface area contributed by atoms with E-state index >= 15 is 0 Å². The Morgan fingerprint density at radius 1 is 1.23 bits per heavy atom. The van der Waals surface area contributed by atoms with Crippen molar-refractivity contribution in [3.63, 3.8) is 0 Å². The van der Waals surface area contributed by atoms with Gasteiger partial charge in [0.1, 0.15) is 17.4 Å². The first kappa shape index (κ1) is 20.8. The molecule has 2 aliphatic heterocycles. The normalized spacial score (nSPS) is 23.6. The Morgan fingerprint density at radius 3 is 2.73 bits per heavy atom. The number of methoxy groups -OCH3 is 1. The van der Waals surface area contributed by atoms with Crippen molar-refractivity contribution in [3.05, 3.63) is 59.7 Å². The number of hydrogen-bond donors (Lipinski definition) is 0. The van der Waals surface area contributed by atoms with Crippen molar-refractivity contribution in [2.45, 2.75) is 17.7 Å². The first-order chi connectivity index (χ1) is 14.3. The van der Waals surface area contributed by atoms with Crippen molar-refractivity contribution in [2.24, 2.45) is 4.99 Å². The molecule has 2 fully saturated rings. The van der Waals surface area contributed by atoms with Crippen LogP contribution in [0.2, 0.25) is 0 Å². The van der Waals surface area contributed by atoms with Crippen LogP contribution in [0.25, 0.3) is 0 Å². The van der Waals surface area contributed by atoms with Gasteiger partial charge in [0.05, 0.1) is 36.8 Å². The summed E-state index contributed by atoms with van der Waals surface area (Å²) < 4.78 is 57.3. The number of rotatable bonds is 4. The number of hydrogen-bond acceptors (Lipinski definition) is 5. The zero-order chi connectivity index (χ0) is 21.5. The Balaban J connectivity index is 1.68. The summed E-state index contributed by atoms with van der Waals surface area (Å²) in [7, 11) is -1.79. The first-order valence-corrected chi connectivity index (χ1v) is 11.8. The number of para-hydroxylation sites is 1. The Hall–Kier alpha value is -2.46. The minimum Gasteiger partial charge on any atom is -0.496 e. The summed E-state index contributed by atoms with van der Waals surface area (Å²) in [5.41, 5.74) is 0.650. The van der Waals surface area contributed by atoms with Gasteiger partial charge in [0.15, 0.2) is 15.0 Å². The molecule has 0 spiro atoms. The third-order valence-electron chi connectivity index (χ3n) is 4.99. The maximum Gasteiger partial charge on any atom is 0.252 e. The molecule has 0 bridgehead atoms. The van der Waals surface area contributed by atoms with Gasteiger partial charge in [-0.05, 0) is 18.2 Å². The van der Waals surface area contributed by atoms with E-state index < -0.39 is 33.4 Å². The number of fused-ring (bicyclic) bond motifs is 1. The van der Waals surface area contributed by atoms with E-state index in [-0.39, 0.29) is 34.0 Å². The molecule has 30 heavy (non-hydrogen) atoms. The van der Waals surface area contributed by atoms with Gasteiger partial charge < -0.3 is 9.64 Å². The summed E-state index contributed by atoms with van der Waals surface area (Å²) in [6.45, 7) is 0. The van der Waals surface area contributed by atoms with E-state index in [2.05, 4.69) is 4.99 Å². The summed E-state index contributed by atoms with van der Waals surface area (Å²) in [6.07, 6.45) is -0.0263. The van der Waals surface area contributed by atoms with Gasteiger partial charge in [-0.3, -0.25) is 4.79 Å². The van der Waals surface area contributed by atoms with E-state index in [0.717, 1.165) is 23.9 Å². The topological polar surface area (TPSA) is 76.0 Å². The number of carbonyl (C=O) groups is 1. The number of carbonyl (C=O) groups excluding carboxylic acids is 1. The second-order valence-electron chi connectivity index (χ2n) is 7.04. The van der Waals surface area contributed by atoms with Crippen molar-refractivity contribution in [2.75, 3.05) is 23.5 Å². The van der Waals surface area contributed by atoms with E-state index in [1.165, 1.54) is 18.1 Å². The summed E-state index contributed by atoms with van der Waals surface area (Å²) in [5, 5.41) is -0.164. The van der Waals surface area contributed by atoms with Crippen LogP contribution in [0.4, 0.5) is 14.5 Å². The Labute approximate surface area is 176 Å². The molecular weight excluding hydrogens is 434 g/mol. The standard InChI is InChI=1S/C20H18F2N2O4S2/c1-28-17-5-3-2-4-12(17)8-19(25)23-20-24(15-7-6-13(21)9-14(15)22)16-10-30(26,27)11-18(16)29-20/h2-7,9,16,18H,8,10-11H2,1H3. The second-order valence-corrected chi connectivity index (χ2v) is 10.4. The van der Waals surface area contributed by atoms with Gasteiger partial charge in [-0.15, -0.1) is 0 Å². The van der Waals surface area contributed by atoms with E-state index in [1.807, 2.05) is 0 Å². The first-order valence-electron chi connectivity index (χ1n) is 9.12. The van der Waals surface area contributed by atoms with Crippen LogP contribution in [-0.2, 0) is 21.1 Å². The number of amidine groups is 1. The van der Waals surface area contributed by atoms with Crippen LogP contribution < -0.4 is 9.64 Å². The second kappa shape index (κ2) is 7.99. The highest BCUT2D eigenvalue weighted by atomic mass is 32.2. The van der Waals surface area contributed by atoms with Gasteiger partial charge >= 0.3 is 0 Å². The predicted molar refractivity (Wildman–Crippen MR) is 112 cm³/mol. The van der Waals surface area contributed by atoms with E-state index in [4.69, 9.17) is 4.74 Å². The molecule has 2 saturated heterocycles. The molecule has 6 nitrogen and oxygen atoms in total. The summed E-state index contributed by atoms with van der Waals surface area (Å²) in [4.78, 5) is 18.2. The fourth-order valence-corrected chi connectivity index (χ4v) is 7.61. The molecule has 0 radical (unpaired) electrons. The molecule has 2 aromatic carbocycles. The number of benzene rings is 2. The van der Waals surface area contributed by atoms with Crippen LogP contribution in [0.3, 0.4) is 0 Å². The molecule has 0 aliphatic carbocycles. The molecule has 0 N–H and O–H groups in total. The molecule has 0 aromatic heterocycles. The summed E-state index contributed by atoms with van der Waals surface area (Å²) in [5.74, 6) is -1.77. The van der Waals surface area contributed by atoms with Crippen LogP contribution in [0, 0.1) is 11.6 Å². The lowest BCUT2D eigenvalue weighted by molar-refractivity contribution is -0.117. The molecule has 2 aliphatic rings. The number of halogens is 2. The fraction of sp³-hybridized carbons (Fsp3) is 0.300. The maximum absolute atomic E-state index is 14.5. The maximum atomic E-state index is 14.5.